The number of nitrogens with zero attached hydrogens (tertiary/aromatic N) is 2. The lowest BCUT2D eigenvalue weighted by Crippen LogP contribution is -2.53. The van der Waals surface area contributed by atoms with Crippen molar-refractivity contribution in [1.82, 2.24) is 10.2 Å². The summed E-state index contributed by atoms with van der Waals surface area (Å²) in [6.07, 6.45) is 0.313. The number of amides is 3. The minimum Gasteiger partial charge on any atom is -0.486 e. The highest BCUT2D eigenvalue weighted by Gasteiger charge is 2.34. The van der Waals surface area contributed by atoms with Crippen LogP contribution in [0.3, 0.4) is 0 Å². The van der Waals surface area contributed by atoms with Gasteiger partial charge >= 0.3 is 6.03 Å². The van der Waals surface area contributed by atoms with E-state index in [4.69, 9.17) is 14.2 Å². The number of hydrogen-bond donors (Lipinski definition) is 1. The van der Waals surface area contributed by atoms with Crippen molar-refractivity contribution in [2.75, 3.05) is 37.7 Å². The highest BCUT2D eigenvalue weighted by atomic mass is 16.6. The fourth-order valence-electron chi connectivity index (χ4n) is 3.86. The van der Waals surface area contributed by atoms with Gasteiger partial charge in [-0.05, 0) is 26.0 Å². The Labute approximate surface area is 158 Å². The van der Waals surface area contributed by atoms with Crippen LogP contribution in [0.2, 0.25) is 0 Å². The fraction of sp³-hybridized carbons (Fsp3) is 0.579. The van der Waals surface area contributed by atoms with Gasteiger partial charge in [-0.3, -0.25) is 4.79 Å². The molecule has 0 unspecified atom stereocenters. The number of urea groups is 1. The summed E-state index contributed by atoms with van der Waals surface area (Å²) in [7, 11) is 0. The molecule has 3 heterocycles. The van der Waals surface area contributed by atoms with Crippen LogP contribution in [-0.4, -0.2) is 67.9 Å². The SMILES string of the molecule is C[C@@H]1CN(C(=O)N[C@@H]2CC(=O)N(c3ccc4c(c3)OCCO4)C2)C[C@H](C)O1. The van der Waals surface area contributed by atoms with Crippen LogP contribution in [0.5, 0.6) is 11.5 Å². The van der Waals surface area contributed by atoms with E-state index in [0.29, 0.717) is 44.3 Å². The molecule has 0 radical (unpaired) electrons. The van der Waals surface area contributed by atoms with Crippen molar-refractivity contribution in [3.05, 3.63) is 18.2 Å². The maximum absolute atomic E-state index is 12.6. The molecular formula is C19H25N3O5. The summed E-state index contributed by atoms with van der Waals surface area (Å²) in [5.41, 5.74) is 0.759. The van der Waals surface area contributed by atoms with Gasteiger partial charge in [0.05, 0.1) is 18.2 Å². The minimum absolute atomic E-state index is 0.0129. The van der Waals surface area contributed by atoms with E-state index in [1.54, 1.807) is 9.80 Å². The summed E-state index contributed by atoms with van der Waals surface area (Å²) in [6.45, 7) is 6.50. The number of ether oxygens (including phenoxy) is 3. The van der Waals surface area contributed by atoms with Gasteiger partial charge < -0.3 is 29.3 Å². The van der Waals surface area contributed by atoms with Crippen molar-refractivity contribution in [1.29, 1.82) is 0 Å². The predicted molar refractivity (Wildman–Crippen MR) is 98.3 cm³/mol. The van der Waals surface area contributed by atoms with Gasteiger partial charge in [-0.1, -0.05) is 0 Å². The first-order valence-corrected chi connectivity index (χ1v) is 9.40. The number of nitrogens with one attached hydrogen (secondary N) is 1. The third-order valence-electron chi connectivity index (χ3n) is 5.00. The van der Waals surface area contributed by atoms with Gasteiger partial charge in [0.25, 0.3) is 0 Å². The molecule has 8 nitrogen and oxygen atoms in total. The Morgan fingerprint density at radius 1 is 1.07 bits per heavy atom. The lowest BCUT2D eigenvalue weighted by atomic mass is 10.2. The van der Waals surface area contributed by atoms with Crippen molar-refractivity contribution in [3.63, 3.8) is 0 Å². The van der Waals surface area contributed by atoms with Crippen LogP contribution in [0, 0.1) is 0 Å². The van der Waals surface area contributed by atoms with Gasteiger partial charge in [0.2, 0.25) is 5.91 Å². The van der Waals surface area contributed by atoms with Gasteiger partial charge in [-0.15, -0.1) is 0 Å². The number of hydrogen-bond acceptors (Lipinski definition) is 5. The molecule has 3 aliphatic heterocycles. The van der Waals surface area contributed by atoms with Gasteiger partial charge in [0.15, 0.2) is 11.5 Å². The van der Waals surface area contributed by atoms with Crippen LogP contribution in [0.4, 0.5) is 10.5 Å². The summed E-state index contributed by atoms with van der Waals surface area (Å²) >= 11 is 0. The zero-order valence-electron chi connectivity index (χ0n) is 15.6. The molecule has 0 aliphatic carbocycles. The third-order valence-corrected chi connectivity index (χ3v) is 5.00. The second-order valence-electron chi connectivity index (χ2n) is 7.35. The average molecular weight is 375 g/mol. The molecule has 1 aromatic carbocycles. The number of morpholine rings is 1. The van der Waals surface area contributed by atoms with E-state index in [9.17, 15) is 9.59 Å². The summed E-state index contributed by atoms with van der Waals surface area (Å²) < 4.78 is 16.8. The topological polar surface area (TPSA) is 80.3 Å². The first-order valence-electron chi connectivity index (χ1n) is 9.40. The number of anilines is 1. The normalized spacial score (nSPS) is 27.6. The van der Waals surface area contributed by atoms with Gasteiger partial charge in [-0.25, -0.2) is 4.79 Å². The molecule has 3 amide bonds. The highest BCUT2D eigenvalue weighted by molar-refractivity contribution is 5.97. The Morgan fingerprint density at radius 3 is 2.52 bits per heavy atom. The summed E-state index contributed by atoms with van der Waals surface area (Å²) in [6, 6.07) is 5.13. The quantitative estimate of drug-likeness (QED) is 0.845. The zero-order chi connectivity index (χ0) is 19.0. The van der Waals surface area contributed by atoms with E-state index in [-0.39, 0.29) is 36.6 Å². The summed E-state index contributed by atoms with van der Waals surface area (Å²) in [5, 5.41) is 3.00. The molecular weight excluding hydrogens is 350 g/mol. The van der Waals surface area contributed by atoms with Crippen molar-refractivity contribution in [2.45, 2.75) is 38.5 Å². The summed E-state index contributed by atoms with van der Waals surface area (Å²) in [5.74, 6) is 1.33. The average Bonchev–Trinajstić information content (AvgIpc) is 3.00. The number of fused-ring (bicyclic) bond motifs is 1. The van der Waals surface area contributed by atoms with Crippen LogP contribution in [0.15, 0.2) is 18.2 Å². The maximum atomic E-state index is 12.6. The van der Waals surface area contributed by atoms with E-state index in [1.807, 2.05) is 32.0 Å². The Hall–Kier alpha value is -2.48. The van der Waals surface area contributed by atoms with Crippen LogP contribution < -0.4 is 19.7 Å². The van der Waals surface area contributed by atoms with E-state index in [2.05, 4.69) is 5.32 Å². The van der Waals surface area contributed by atoms with Crippen molar-refractivity contribution >= 4 is 17.6 Å². The Bertz CT molecular complexity index is 730. The molecule has 1 aromatic rings. The molecule has 0 bridgehead atoms. The van der Waals surface area contributed by atoms with Crippen LogP contribution >= 0.6 is 0 Å². The minimum atomic E-state index is -0.216. The molecule has 4 rings (SSSR count). The first kappa shape index (κ1) is 17.9. The second-order valence-corrected chi connectivity index (χ2v) is 7.35. The maximum Gasteiger partial charge on any atom is 0.317 e. The fourth-order valence-corrected chi connectivity index (χ4v) is 3.86. The largest absolute Gasteiger partial charge is 0.486 e. The van der Waals surface area contributed by atoms with Gasteiger partial charge in [0.1, 0.15) is 13.2 Å². The van der Waals surface area contributed by atoms with Crippen molar-refractivity contribution in [2.24, 2.45) is 0 Å². The highest BCUT2D eigenvalue weighted by Crippen LogP contribution is 2.35. The molecule has 3 atom stereocenters. The molecule has 8 heteroatoms. The van der Waals surface area contributed by atoms with Crippen LogP contribution in [0.1, 0.15) is 20.3 Å². The number of carbonyl (C=O) groups is 2. The molecule has 3 aliphatic rings. The number of benzene rings is 1. The van der Waals surface area contributed by atoms with Gasteiger partial charge in [-0.2, -0.15) is 0 Å². The summed E-state index contributed by atoms with van der Waals surface area (Å²) in [4.78, 5) is 28.5. The van der Waals surface area contributed by atoms with Gasteiger partial charge in [0, 0.05) is 37.8 Å². The molecule has 1 N–H and O–H groups in total. The van der Waals surface area contributed by atoms with E-state index in [1.165, 1.54) is 0 Å². The molecule has 27 heavy (non-hydrogen) atoms. The molecule has 0 saturated carbocycles. The molecule has 0 aromatic heterocycles. The number of rotatable bonds is 2. The van der Waals surface area contributed by atoms with Crippen LogP contribution in [-0.2, 0) is 9.53 Å². The lowest BCUT2D eigenvalue weighted by molar-refractivity contribution is -0.117. The Balaban J connectivity index is 1.40. The molecule has 0 spiro atoms. The Kier molecular flexibility index (Phi) is 4.82. The predicted octanol–water partition coefficient (Wildman–Crippen LogP) is 1.38. The molecule has 2 fully saturated rings. The molecule has 2 saturated heterocycles. The van der Waals surface area contributed by atoms with E-state index >= 15 is 0 Å². The third kappa shape index (κ3) is 3.80. The van der Waals surface area contributed by atoms with E-state index < -0.39 is 0 Å². The van der Waals surface area contributed by atoms with Crippen LogP contribution in [0.25, 0.3) is 0 Å². The molecule has 146 valence electrons. The second kappa shape index (κ2) is 7.26. The lowest BCUT2D eigenvalue weighted by Gasteiger charge is -2.35. The number of carbonyl (C=O) groups excluding carboxylic acids is 2. The van der Waals surface area contributed by atoms with E-state index in [0.717, 1.165) is 5.69 Å². The first-order chi connectivity index (χ1) is 13.0. The standard InChI is InChI=1S/C19H25N3O5/c1-12-9-21(10-13(2)27-12)19(24)20-14-7-18(23)22(11-14)15-3-4-16-17(8-15)26-6-5-25-16/h3-4,8,12-14H,5-7,9-11H2,1-2H3,(H,20,24)/t12-,13+,14-/m1/s1. The monoisotopic (exact) mass is 375 g/mol. The smallest absolute Gasteiger partial charge is 0.317 e. The Morgan fingerprint density at radius 2 is 1.78 bits per heavy atom. The van der Waals surface area contributed by atoms with Crippen molar-refractivity contribution in [3.8, 4) is 11.5 Å². The zero-order valence-corrected chi connectivity index (χ0v) is 15.6. The van der Waals surface area contributed by atoms with Crippen molar-refractivity contribution < 1.29 is 23.8 Å².